The van der Waals surface area contributed by atoms with Gasteiger partial charge in [0.05, 0.1) is 18.9 Å². The van der Waals surface area contributed by atoms with E-state index < -0.39 is 0 Å². The lowest BCUT2D eigenvalue weighted by Gasteiger charge is -2.28. The second-order valence-electron chi connectivity index (χ2n) is 5.94. The average Bonchev–Trinajstić information content (AvgIpc) is 2.64. The van der Waals surface area contributed by atoms with Gasteiger partial charge in [-0.3, -0.25) is 4.90 Å². The lowest BCUT2D eigenvalue weighted by molar-refractivity contribution is 0.241. The fourth-order valence-corrected chi connectivity index (χ4v) is 3.40. The Kier molecular flexibility index (Phi) is 6.15. The van der Waals surface area contributed by atoms with Gasteiger partial charge < -0.3 is 9.47 Å². The zero-order valence-corrected chi connectivity index (χ0v) is 15.9. The van der Waals surface area contributed by atoms with E-state index in [1.165, 1.54) is 16.8 Å². The highest BCUT2D eigenvalue weighted by molar-refractivity contribution is 7.98. The molecular formula is C19H25N3O2S. The third-order valence-electron chi connectivity index (χ3n) is 4.19. The Morgan fingerprint density at radius 2 is 1.96 bits per heavy atom. The summed E-state index contributed by atoms with van der Waals surface area (Å²) in [5.74, 6) is 1.64. The molecule has 0 saturated heterocycles. The maximum absolute atomic E-state index is 5.74. The molecule has 6 heteroatoms. The minimum Gasteiger partial charge on any atom is -0.490 e. The summed E-state index contributed by atoms with van der Waals surface area (Å²) in [7, 11) is 0. The maximum atomic E-state index is 5.74. The van der Waals surface area contributed by atoms with Gasteiger partial charge in [-0.05, 0) is 37.8 Å². The molecule has 134 valence electrons. The molecule has 0 aliphatic carbocycles. The molecule has 0 saturated carbocycles. The molecule has 1 aromatic carbocycles. The van der Waals surface area contributed by atoms with Crippen LogP contribution in [0.25, 0.3) is 0 Å². The van der Waals surface area contributed by atoms with Crippen LogP contribution in [0.5, 0.6) is 11.5 Å². The van der Waals surface area contributed by atoms with E-state index in [4.69, 9.17) is 9.47 Å². The van der Waals surface area contributed by atoms with E-state index in [0.717, 1.165) is 42.7 Å². The van der Waals surface area contributed by atoms with Crippen LogP contribution in [0.2, 0.25) is 0 Å². The second kappa shape index (κ2) is 8.54. The van der Waals surface area contributed by atoms with Crippen LogP contribution in [0.4, 0.5) is 0 Å². The Hall–Kier alpha value is -1.79. The molecule has 1 aromatic heterocycles. The lowest BCUT2D eigenvalue weighted by atomic mass is 10.1. The van der Waals surface area contributed by atoms with Gasteiger partial charge in [0.1, 0.15) is 0 Å². The molecule has 5 nitrogen and oxygen atoms in total. The van der Waals surface area contributed by atoms with Gasteiger partial charge in [0.2, 0.25) is 0 Å². The smallest absolute Gasteiger partial charge is 0.187 e. The normalized spacial score (nSPS) is 14.2. The molecule has 0 bridgehead atoms. The molecule has 0 N–H and O–H groups in total. The minimum atomic E-state index is 0.635. The van der Waals surface area contributed by atoms with Gasteiger partial charge in [0.25, 0.3) is 0 Å². The van der Waals surface area contributed by atoms with Gasteiger partial charge in [-0.15, -0.1) is 0 Å². The Labute approximate surface area is 153 Å². The first-order chi connectivity index (χ1) is 12.2. The van der Waals surface area contributed by atoms with Crippen LogP contribution < -0.4 is 9.47 Å². The quantitative estimate of drug-likeness (QED) is 0.556. The van der Waals surface area contributed by atoms with E-state index in [0.29, 0.717) is 13.2 Å². The number of thioether (sulfide) groups is 1. The van der Waals surface area contributed by atoms with E-state index >= 15 is 0 Å². The topological polar surface area (TPSA) is 47.5 Å². The molecule has 0 atom stereocenters. The predicted molar refractivity (Wildman–Crippen MR) is 100 cm³/mol. The van der Waals surface area contributed by atoms with E-state index in [2.05, 4.69) is 27.0 Å². The maximum Gasteiger partial charge on any atom is 0.187 e. The van der Waals surface area contributed by atoms with E-state index in [9.17, 15) is 0 Å². The molecule has 1 aliphatic heterocycles. The molecule has 25 heavy (non-hydrogen) atoms. The van der Waals surface area contributed by atoms with Crippen molar-refractivity contribution in [2.45, 2.75) is 38.5 Å². The Morgan fingerprint density at radius 1 is 1.16 bits per heavy atom. The van der Waals surface area contributed by atoms with Gasteiger partial charge in [-0.25, -0.2) is 9.97 Å². The number of rotatable bonds is 7. The van der Waals surface area contributed by atoms with Crippen LogP contribution in [0.1, 0.15) is 30.7 Å². The lowest BCUT2D eigenvalue weighted by Crippen LogP contribution is -2.31. The summed E-state index contributed by atoms with van der Waals surface area (Å²) in [6, 6.07) is 6.23. The van der Waals surface area contributed by atoms with Crippen molar-refractivity contribution in [3.05, 3.63) is 41.2 Å². The third-order valence-corrected chi connectivity index (χ3v) is 4.75. The Morgan fingerprint density at radius 3 is 2.72 bits per heavy atom. The molecule has 2 aromatic rings. The Balaban J connectivity index is 1.71. The van der Waals surface area contributed by atoms with Crippen molar-refractivity contribution in [2.24, 2.45) is 0 Å². The molecular weight excluding hydrogens is 334 g/mol. The number of ether oxygens (including phenoxy) is 2. The number of hydrogen-bond acceptors (Lipinski definition) is 6. The summed E-state index contributed by atoms with van der Waals surface area (Å²) in [5.41, 5.74) is 3.66. The molecule has 3 rings (SSSR count). The predicted octanol–water partition coefficient (Wildman–Crippen LogP) is 3.55. The molecule has 0 amide bonds. The van der Waals surface area contributed by atoms with Crippen LogP contribution in [-0.2, 0) is 19.5 Å². The SMILES string of the molecule is CCOc1ccc(CN2CCc3nc(SC)ncc3C2)cc1OCC. The fourth-order valence-electron chi connectivity index (χ4n) is 3.04. The van der Waals surface area contributed by atoms with E-state index in [1.54, 1.807) is 11.8 Å². The summed E-state index contributed by atoms with van der Waals surface area (Å²) in [4.78, 5) is 11.5. The van der Waals surface area contributed by atoms with Crippen molar-refractivity contribution in [1.29, 1.82) is 0 Å². The fraction of sp³-hybridized carbons (Fsp3) is 0.474. The third kappa shape index (κ3) is 4.44. The van der Waals surface area contributed by atoms with Gasteiger partial charge in [-0.2, -0.15) is 0 Å². The number of aromatic nitrogens is 2. The van der Waals surface area contributed by atoms with Crippen molar-refractivity contribution in [2.75, 3.05) is 26.0 Å². The number of fused-ring (bicyclic) bond motifs is 1. The number of benzene rings is 1. The standard InChI is InChI=1S/C19H25N3O2S/c1-4-23-17-7-6-14(10-18(17)24-5-2)12-22-9-8-16-15(13-22)11-20-19(21-16)25-3/h6-7,10-11H,4-5,8-9,12-13H2,1-3H3. The summed E-state index contributed by atoms with van der Waals surface area (Å²) < 4.78 is 11.4. The highest BCUT2D eigenvalue weighted by Gasteiger charge is 2.19. The van der Waals surface area contributed by atoms with Gasteiger partial charge in [0.15, 0.2) is 16.7 Å². The molecule has 0 spiro atoms. The summed E-state index contributed by atoms with van der Waals surface area (Å²) in [6.45, 7) is 8.04. The number of hydrogen-bond donors (Lipinski definition) is 0. The second-order valence-corrected chi connectivity index (χ2v) is 6.71. The highest BCUT2D eigenvalue weighted by atomic mass is 32.2. The highest BCUT2D eigenvalue weighted by Crippen LogP contribution is 2.29. The van der Waals surface area contributed by atoms with Crippen molar-refractivity contribution in [3.8, 4) is 11.5 Å². The molecule has 2 heterocycles. The van der Waals surface area contributed by atoms with E-state index in [-0.39, 0.29) is 0 Å². The monoisotopic (exact) mass is 359 g/mol. The van der Waals surface area contributed by atoms with Gasteiger partial charge >= 0.3 is 0 Å². The van der Waals surface area contributed by atoms with Crippen molar-refractivity contribution in [1.82, 2.24) is 14.9 Å². The number of nitrogens with zero attached hydrogens (tertiary/aromatic N) is 3. The zero-order valence-electron chi connectivity index (χ0n) is 15.1. The first-order valence-corrected chi connectivity index (χ1v) is 9.95. The first kappa shape index (κ1) is 18.0. The van der Waals surface area contributed by atoms with Crippen molar-refractivity contribution in [3.63, 3.8) is 0 Å². The summed E-state index contributed by atoms with van der Waals surface area (Å²) in [5, 5.41) is 0.861. The average molecular weight is 359 g/mol. The summed E-state index contributed by atoms with van der Waals surface area (Å²) >= 11 is 1.59. The minimum absolute atomic E-state index is 0.635. The summed E-state index contributed by atoms with van der Waals surface area (Å²) in [6.07, 6.45) is 4.96. The molecule has 0 unspecified atom stereocenters. The zero-order chi connectivity index (χ0) is 17.6. The molecule has 0 radical (unpaired) electrons. The Bertz CT molecular complexity index is 724. The van der Waals surface area contributed by atoms with Crippen molar-refractivity contribution < 1.29 is 9.47 Å². The largest absolute Gasteiger partial charge is 0.490 e. The van der Waals surface area contributed by atoms with E-state index in [1.807, 2.05) is 32.4 Å². The van der Waals surface area contributed by atoms with Crippen LogP contribution in [0.15, 0.2) is 29.6 Å². The molecule has 0 fully saturated rings. The van der Waals surface area contributed by atoms with Gasteiger partial charge in [0, 0.05) is 37.8 Å². The van der Waals surface area contributed by atoms with Crippen molar-refractivity contribution >= 4 is 11.8 Å². The van der Waals surface area contributed by atoms with Gasteiger partial charge in [-0.1, -0.05) is 17.8 Å². The molecule has 1 aliphatic rings. The first-order valence-electron chi connectivity index (χ1n) is 8.73. The van der Waals surface area contributed by atoms with Crippen LogP contribution >= 0.6 is 11.8 Å². The van der Waals surface area contributed by atoms with Crippen LogP contribution in [-0.4, -0.2) is 40.9 Å². The van der Waals surface area contributed by atoms with Crippen LogP contribution in [0.3, 0.4) is 0 Å². The van der Waals surface area contributed by atoms with Crippen LogP contribution in [0, 0.1) is 0 Å².